The van der Waals surface area contributed by atoms with Gasteiger partial charge in [0, 0.05) is 69.3 Å². The van der Waals surface area contributed by atoms with E-state index in [4.69, 9.17) is 80.9 Å². The van der Waals surface area contributed by atoms with Gasteiger partial charge in [-0.1, -0.05) is 30.7 Å². The zero-order valence-corrected chi connectivity index (χ0v) is 57.4. The number of aliphatic imine (C=N–C) groups is 2. The summed E-state index contributed by atoms with van der Waals surface area (Å²) in [7, 11) is 3.07. The highest BCUT2D eigenvalue weighted by Crippen LogP contribution is 2.41. The average molecular weight is 1380 g/mol. The predicted octanol–water partition coefficient (Wildman–Crippen LogP) is 6.05. The second kappa shape index (κ2) is 43.7. The average Bonchev–Trinajstić information content (AvgIpc) is 1.31. The number of imide groups is 1. The van der Waals surface area contributed by atoms with Gasteiger partial charge >= 0.3 is 0 Å². The van der Waals surface area contributed by atoms with E-state index in [2.05, 4.69) is 29.0 Å². The number of fused-ring (bicyclic) bond motifs is 4. The fourth-order valence-corrected chi connectivity index (χ4v) is 11.1. The highest BCUT2D eigenvalue weighted by molar-refractivity contribution is 6.13. The summed E-state index contributed by atoms with van der Waals surface area (Å²) in [5.41, 5.74) is 5.17. The van der Waals surface area contributed by atoms with Crippen molar-refractivity contribution in [1.29, 1.82) is 0 Å². The highest BCUT2D eigenvalue weighted by atomic mass is 16.6. The van der Waals surface area contributed by atoms with E-state index in [1.165, 1.54) is 24.2 Å². The highest BCUT2D eigenvalue weighted by Gasteiger charge is 2.37. The number of oxime groups is 1. The molecular formula is C71H97N7O21. The Balaban J connectivity index is 0.594. The first-order valence-corrected chi connectivity index (χ1v) is 34.0. The van der Waals surface area contributed by atoms with Crippen LogP contribution in [0.2, 0.25) is 0 Å². The van der Waals surface area contributed by atoms with E-state index < -0.39 is 0 Å². The van der Waals surface area contributed by atoms with Gasteiger partial charge in [0.2, 0.25) is 5.91 Å². The van der Waals surface area contributed by atoms with Crippen LogP contribution < -0.4 is 24.3 Å². The van der Waals surface area contributed by atoms with E-state index in [0.29, 0.717) is 254 Å². The van der Waals surface area contributed by atoms with Crippen molar-refractivity contribution >= 4 is 59.6 Å². The molecule has 8 rings (SSSR count). The van der Waals surface area contributed by atoms with Crippen molar-refractivity contribution in [2.24, 2.45) is 21.1 Å². The maximum atomic E-state index is 13.7. The van der Waals surface area contributed by atoms with Crippen LogP contribution in [0.5, 0.6) is 23.0 Å². The Morgan fingerprint density at radius 1 is 0.545 bits per heavy atom. The molecule has 2 saturated heterocycles. The standard InChI is InChI=1S/C71H97N7O21/c1-52-36-57-46-73-61-43-65(63(84-3)41-59(61)70(82)77(57)48-52)97-50-55-38-54(39-56(40-55)51-98-66-44-62-60(42-64(66)85-4)71(83)78-49-53(2)37-58(78)47-74-62)45-75-99-35-34-96-33-32-95-31-30-94-29-28-93-27-26-92-25-24-91-23-22-90-21-20-89-19-18-88-17-16-87-15-14-86-13-11-72-67(79)8-6-5-7-12-76-68(80)9-10-69(76)81/h9-10,38-47,53,57-58H,1,5-8,11-37,48-51H2,2-4H3,(H,72,79)/b75-45+/t53?,57-,58-/m0/s1. The molecule has 0 aromatic heterocycles. The Morgan fingerprint density at radius 3 is 1.46 bits per heavy atom. The Hall–Kier alpha value is -7.74. The van der Waals surface area contributed by atoms with Gasteiger partial charge in [-0.05, 0) is 78.6 Å². The molecule has 3 aromatic rings. The first-order chi connectivity index (χ1) is 48.5. The molecule has 5 heterocycles. The zero-order chi connectivity index (χ0) is 69.7. The molecule has 5 aliphatic heterocycles. The van der Waals surface area contributed by atoms with Gasteiger partial charge in [-0.15, -0.1) is 0 Å². The fourth-order valence-electron chi connectivity index (χ4n) is 11.1. The molecule has 5 amide bonds. The van der Waals surface area contributed by atoms with E-state index >= 15 is 0 Å². The van der Waals surface area contributed by atoms with Crippen molar-refractivity contribution in [3.8, 4) is 23.0 Å². The SMILES string of the molecule is C=C1C[C@H]2C=Nc3cc(OCc4cc(/C=N/OCCOCCOCCOCCOCCOCCOCCOCCOCCOCCOCCOCCNC(=O)CCCCCN5C(=O)C=CC5=O)cc(COc5cc6c(cc5OC)C(=O)N5CC(C)C[C@H]5C=N6)c4)c(OC)cc3C(=O)N2C1. The van der Waals surface area contributed by atoms with Crippen molar-refractivity contribution in [2.75, 3.05) is 192 Å². The normalized spacial score (nSPS) is 17.0. The molecule has 3 aromatic carbocycles. The minimum atomic E-state index is -0.280. The lowest BCUT2D eigenvalue weighted by Crippen LogP contribution is -2.35. The van der Waals surface area contributed by atoms with E-state index in [1.807, 2.05) is 29.3 Å². The molecule has 0 aliphatic carbocycles. The fraction of sp³-hybridized carbons (Fsp3) is 0.577. The van der Waals surface area contributed by atoms with E-state index in [9.17, 15) is 24.0 Å². The smallest absolute Gasteiger partial charge is 0.257 e. The van der Waals surface area contributed by atoms with E-state index in [1.54, 1.807) is 48.7 Å². The summed E-state index contributed by atoms with van der Waals surface area (Å²) in [5.74, 6) is 1.21. The van der Waals surface area contributed by atoms with Crippen LogP contribution in [0.4, 0.5) is 11.4 Å². The van der Waals surface area contributed by atoms with E-state index in [0.717, 1.165) is 29.5 Å². The molecule has 1 unspecified atom stereocenters. The summed E-state index contributed by atoms with van der Waals surface area (Å²) < 4.78 is 85.5. The van der Waals surface area contributed by atoms with Gasteiger partial charge < -0.3 is 91.0 Å². The van der Waals surface area contributed by atoms with Gasteiger partial charge in [-0.25, -0.2) is 0 Å². The number of carbonyl (C=O) groups excluding carboxylic acids is 5. The number of hydrogen-bond acceptors (Lipinski definition) is 24. The van der Waals surface area contributed by atoms with Crippen LogP contribution in [0.1, 0.15) is 82.9 Å². The molecular weight excluding hydrogens is 1290 g/mol. The number of ether oxygens (including phenoxy) is 15. The van der Waals surface area contributed by atoms with Gasteiger partial charge in [0.05, 0.1) is 200 Å². The second-order valence-corrected chi connectivity index (χ2v) is 23.7. The second-order valence-electron chi connectivity index (χ2n) is 23.7. The first-order valence-electron chi connectivity index (χ1n) is 34.0. The molecule has 0 saturated carbocycles. The molecule has 2 fully saturated rings. The maximum absolute atomic E-state index is 13.7. The Morgan fingerprint density at radius 2 is 0.990 bits per heavy atom. The van der Waals surface area contributed by atoms with Crippen molar-refractivity contribution in [1.82, 2.24) is 20.0 Å². The predicted molar refractivity (Wildman–Crippen MR) is 364 cm³/mol. The number of amides is 5. The third-order valence-corrected chi connectivity index (χ3v) is 16.1. The van der Waals surface area contributed by atoms with Crippen LogP contribution in [0.25, 0.3) is 0 Å². The van der Waals surface area contributed by atoms with Crippen molar-refractivity contribution in [2.45, 2.75) is 70.7 Å². The van der Waals surface area contributed by atoms with Crippen LogP contribution in [0.15, 0.2) is 81.9 Å². The maximum Gasteiger partial charge on any atom is 0.257 e. The topological polar surface area (TPSA) is 292 Å². The minimum absolute atomic E-state index is 0.0537. The summed E-state index contributed by atoms with van der Waals surface area (Å²) in [5, 5.41) is 7.04. The Bertz CT molecular complexity index is 3160. The molecule has 99 heavy (non-hydrogen) atoms. The van der Waals surface area contributed by atoms with Crippen molar-refractivity contribution in [3.05, 3.63) is 94.6 Å². The van der Waals surface area contributed by atoms with Gasteiger partial charge in [0.1, 0.15) is 19.8 Å². The third-order valence-electron chi connectivity index (χ3n) is 16.1. The first kappa shape index (κ1) is 77.0. The van der Waals surface area contributed by atoms with Gasteiger partial charge in [0.25, 0.3) is 23.6 Å². The largest absolute Gasteiger partial charge is 0.493 e. The van der Waals surface area contributed by atoms with Gasteiger partial charge in [-0.3, -0.25) is 38.9 Å². The van der Waals surface area contributed by atoms with Gasteiger partial charge in [-0.2, -0.15) is 0 Å². The number of unbranched alkanes of at least 4 members (excludes halogenated alkanes) is 2. The molecule has 0 radical (unpaired) electrons. The lowest BCUT2D eigenvalue weighted by molar-refractivity contribution is -0.137. The number of benzene rings is 3. The number of rotatable bonds is 52. The molecule has 0 bridgehead atoms. The minimum Gasteiger partial charge on any atom is -0.493 e. The number of hydrogen-bond donors (Lipinski definition) is 1. The molecule has 28 heteroatoms. The summed E-state index contributed by atoms with van der Waals surface area (Å²) in [6, 6.07) is 12.4. The van der Waals surface area contributed by atoms with E-state index in [-0.39, 0.29) is 61.4 Å². The van der Waals surface area contributed by atoms with Crippen molar-refractivity contribution < 1.29 is 99.9 Å². The van der Waals surface area contributed by atoms with Crippen LogP contribution in [0.3, 0.4) is 0 Å². The number of nitrogens with one attached hydrogen (secondary N) is 1. The van der Waals surface area contributed by atoms with Crippen LogP contribution in [-0.2, 0) is 84.5 Å². The Kier molecular flexibility index (Phi) is 34.0. The monoisotopic (exact) mass is 1380 g/mol. The summed E-state index contributed by atoms with van der Waals surface area (Å²) >= 11 is 0. The van der Waals surface area contributed by atoms with Crippen LogP contribution in [-0.4, -0.2) is 267 Å². The lowest BCUT2D eigenvalue weighted by Gasteiger charge is -2.20. The number of carbonyl (C=O) groups is 5. The molecule has 3 atom stereocenters. The summed E-state index contributed by atoms with van der Waals surface area (Å²) in [6.07, 6.45) is 11.8. The molecule has 542 valence electrons. The third kappa shape index (κ3) is 26.4. The number of methoxy groups -OCH3 is 2. The van der Waals surface area contributed by atoms with Crippen molar-refractivity contribution in [3.63, 3.8) is 0 Å². The zero-order valence-electron chi connectivity index (χ0n) is 57.4. The molecule has 28 nitrogen and oxygen atoms in total. The summed E-state index contributed by atoms with van der Waals surface area (Å²) in [6.45, 7) is 17.9. The molecule has 5 aliphatic rings. The van der Waals surface area contributed by atoms with Crippen LogP contribution >= 0.6 is 0 Å². The number of nitrogens with zero attached hydrogens (tertiary/aromatic N) is 6. The Labute approximate surface area is 579 Å². The quantitative estimate of drug-likeness (QED) is 0.0221. The van der Waals surface area contributed by atoms with Gasteiger partial charge in [0.15, 0.2) is 23.0 Å². The summed E-state index contributed by atoms with van der Waals surface area (Å²) in [4.78, 5) is 82.2. The molecule has 0 spiro atoms. The van der Waals surface area contributed by atoms with Crippen LogP contribution in [0, 0.1) is 5.92 Å². The lowest BCUT2D eigenvalue weighted by atomic mass is 10.1. The molecule has 1 N–H and O–H groups in total.